The lowest BCUT2D eigenvalue weighted by Crippen LogP contribution is -2.28. The van der Waals surface area contributed by atoms with Crippen molar-refractivity contribution in [3.05, 3.63) is 11.1 Å². The van der Waals surface area contributed by atoms with E-state index in [1.54, 1.807) is 11.8 Å². The average Bonchev–Trinajstić information content (AvgIpc) is 2.67. The molecule has 6 heteroatoms. The van der Waals surface area contributed by atoms with Crippen LogP contribution in [0.4, 0.5) is 5.13 Å². The molecule has 96 valence electrons. The molecule has 5 nitrogen and oxygen atoms in total. The summed E-state index contributed by atoms with van der Waals surface area (Å²) in [5.74, 6) is 0.0112. The summed E-state index contributed by atoms with van der Waals surface area (Å²) in [6, 6.07) is 0. The first-order valence-electron chi connectivity index (χ1n) is 5.60. The Kier molecular flexibility index (Phi) is 5.54. The van der Waals surface area contributed by atoms with E-state index < -0.39 is 0 Å². The third-order valence-corrected chi connectivity index (χ3v) is 3.29. The molecular weight excluding hydrogens is 238 g/mol. The van der Waals surface area contributed by atoms with E-state index in [1.165, 1.54) is 11.3 Å². The first-order chi connectivity index (χ1) is 8.08. The van der Waals surface area contributed by atoms with Gasteiger partial charge in [0.15, 0.2) is 5.13 Å². The zero-order chi connectivity index (χ0) is 12.8. The number of hydrogen-bond donors (Lipinski definition) is 1. The summed E-state index contributed by atoms with van der Waals surface area (Å²) < 4.78 is 0. The highest BCUT2D eigenvalue weighted by Crippen LogP contribution is 2.21. The van der Waals surface area contributed by atoms with Crippen LogP contribution in [0.1, 0.15) is 19.5 Å². The van der Waals surface area contributed by atoms with Crippen molar-refractivity contribution in [1.29, 1.82) is 0 Å². The van der Waals surface area contributed by atoms with Gasteiger partial charge in [-0.3, -0.25) is 14.6 Å². The highest BCUT2D eigenvalue weighted by atomic mass is 32.1. The Morgan fingerprint density at radius 2 is 2.29 bits per heavy atom. The molecule has 0 fully saturated rings. The Morgan fingerprint density at radius 3 is 2.82 bits per heavy atom. The minimum absolute atomic E-state index is 0.0112. The summed E-state index contributed by atoms with van der Waals surface area (Å²) in [6.07, 6.45) is 0. The van der Waals surface area contributed by atoms with E-state index in [9.17, 15) is 4.79 Å². The Morgan fingerprint density at radius 1 is 1.59 bits per heavy atom. The zero-order valence-electron chi connectivity index (χ0n) is 10.5. The van der Waals surface area contributed by atoms with Crippen molar-refractivity contribution in [2.24, 2.45) is 0 Å². The predicted molar refractivity (Wildman–Crippen MR) is 69.2 cm³/mol. The molecule has 0 unspecified atom stereocenters. The van der Waals surface area contributed by atoms with E-state index in [2.05, 4.69) is 4.98 Å². The van der Waals surface area contributed by atoms with Crippen LogP contribution in [0.2, 0.25) is 0 Å². The van der Waals surface area contributed by atoms with Crippen molar-refractivity contribution in [3.8, 4) is 0 Å². The van der Waals surface area contributed by atoms with Crippen LogP contribution in [0.3, 0.4) is 0 Å². The van der Waals surface area contributed by atoms with Crippen molar-refractivity contribution in [1.82, 2.24) is 9.88 Å². The largest absolute Gasteiger partial charge is 0.395 e. The van der Waals surface area contributed by atoms with Gasteiger partial charge in [-0.1, -0.05) is 0 Å². The number of aromatic nitrogens is 1. The van der Waals surface area contributed by atoms with E-state index >= 15 is 0 Å². The summed E-state index contributed by atoms with van der Waals surface area (Å²) in [4.78, 5) is 19.4. The van der Waals surface area contributed by atoms with E-state index in [0.717, 1.165) is 10.8 Å². The lowest BCUT2D eigenvalue weighted by atomic mass is 10.4. The lowest BCUT2D eigenvalue weighted by molar-refractivity contribution is -0.116. The minimum Gasteiger partial charge on any atom is -0.395 e. The fourth-order valence-corrected chi connectivity index (χ4v) is 2.44. The monoisotopic (exact) mass is 257 g/mol. The number of hydrogen-bond acceptors (Lipinski definition) is 5. The SMILES string of the molecule is CCN(C(C)=O)c1nc(CN(C)CCO)cs1. The normalized spacial score (nSPS) is 10.9. The van der Waals surface area contributed by atoms with Crippen LogP contribution in [0, 0.1) is 0 Å². The topological polar surface area (TPSA) is 56.7 Å². The Labute approximate surface area is 106 Å². The van der Waals surface area contributed by atoms with Crippen LogP contribution >= 0.6 is 11.3 Å². The summed E-state index contributed by atoms with van der Waals surface area (Å²) in [5, 5.41) is 11.5. The number of aliphatic hydroxyl groups is 1. The van der Waals surface area contributed by atoms with Crippen LogP contribution in [-0.4, -0.2) is 47.6 Å². The van der Waals surface area contributed by atoms with Crippen LogP contribution in [0.25, 0.3) is 0 Å². The fourth-order valence-electron chi connectivity index (χ4n) is 1.51. The van der Waals surface area contributed by atoms with Gasteiger partial charge in [-0.05, 0) is 14.0 Å². The number of likely N-dealkylation sites (N-methyl/N-ethyl adjacent to an activating group) is 1. The third kappa shape index (κ3) is 4.07. The maximum Gasteiger partial charge on any atom is 0.225 e. The van der Waals surface area contributed by atoms with E-state index in [4.69, 9.17) is 5.11 Å². The van der Waals surface area contributed by atoms with E-state index in [1.807, 2.05) is 24.3 Å². The van der Waals surface area contributed by atoms with Gasteiger partial charge < -0.3 is 5.11 Å². The summed E-state index contributed by atoms with van der Waals surface area (Å²) in [5.41, 5.74) is 0.931. The number of anilines is 1. The second kappa shape index (κ2) is 6.68. The molecule has 0 spiro atoms. The van der Waals surface area contributed by atoms with Crippen molar-refractivity contribution in [2.75, 3.05) is 31.6 Å². The second-order valence-electron chi connectivity index (χ2n) is 3.85. The van der Waals surface area contributed by atoms with Gasteiger partial charge in [0, 0.05) is 31.9 Å². The quantitative estimate of drug-likeness (QED) is 0.824. The molecule has 1 aromatic heterocycles. The number of aliphatic hydroxyl groups excluding tert-OH is 1. The third-order valence-electron chi connectivity index (χ3n) is 2.38. The number of rotatable bonds is 6. The molecule has 1 amide bonds. The van der Waals surface area contributed by atoms with Crippen LogP contribution in [0.5, 0.6) is 0 Å². The van der Waals surface area contributed by atoms with Crippen LogP contribution in [0.15, 0.2) is 5.38 Å². The van der Waals surface area contributed by atoms with Gasteiger partial charge in [0.05, 0.1) is 12.3 Å². The summed E-state index contributed by atoms with van der Waals surface area (Å²) in [7, 11) is 1.93. The Hall–Kier alpha value is -0.980. The lowest BCUT2D eigenvalue weighted by Gasteiger charge is -2.15. The number of carbonyl (C=O) groups excluding carboxylic acids is 1. The van der Waals surface area contributed by atoms with Gasteiger partial charge in [0.1, 0.15) is 0 Å². The van der Waals surface area contributed by atoms with Crippen molar-refractivity contribution < 1.29 is 9.90 Å². The number of carbonyl (C=O) groups is 1. The number of thiazole rings is 1. The molecule has 1 aromatic rings. The highest BCUT2D eigenvalue weighted by Gasteiger charge is 2.13. The highest BCUT2D eigenvalue weighted by molar-refractivity contribution is 7.14. The smallest absolute Gasteiger partial charge is 0.225 e. The average molecular weight is 257 g/mol. The van der Waals surface area contributed by atoms with Gasteiger partial charge in [-0.25, -0.2) is 4.98 Å². The van der Waals surface area contributed by atoms with Gasteiger partial charge in [-0.15, -0.1) is 11.3 Å². The molecule has 0 bridgehead atoms. The zero-order valence-corrected chi connectivity index (χ0v) is 11.3. The standard InChI is InChI=1S/C11H19N3O2S/c1-4-14(9(2)16)11-12-10(8-17-11)7-13(3)5-6-15/h8,15H,4-7H2,1-3H3. The van der Waals surface area contributed by atoms with Crippen molar-refractivity contribution in [2.45, 2.75) is 20.4 Å². The molecule has 0 aliphatic heterocycles. The van der Waals surface area contributed by atoms with Crippen LogP contribution in [-0.2, 0) is 11.3 Å². The number of amides is 1. The number of nitrogens with zero attached hydrogens (tertiary/aromatic N) is 3. The van der Waals surface area contributed by atoms with E-state index in [0.29, 0.717) is 19.6 Å². The molecule has 0 saturated heterocycles. The Balaban J connectivity index is 2.67. The molecule has 17 heavy (non-hydrogen) atoms. The first-order valence-corrected chi connectivity index (χ1v) is 6.48. The van der Waals surface area contributed by atoms with Crippen molar-refractivity contribution >= 4 is 22.4 Å². The molecule has 1 heterocycles. The summed E-state index contributed by atoms with van der Waals surface area (Å²) in [6.45, 7) is 5.56. The van der Waals surface area contributed by atoms with Gasteiger partial charge in [0.2, 0.25) is 5.91 Å². The predicted octanol–water partition coefficient (Wildman–Crippen LogP) is 0.940. The Bertz CT molecular complexity index is 367. The molecule has 0 saturated carbocycles. The molecule has 0 aliphatic carbocycles. The first kappa shape index (κ1) is 14.1. The molecule has 0 aliphatic rings. The van der Waals surface area contributed by atoms with Crippen molar-refractivity contribution in [3.63, 3.8) is 0 Å². The molecule has 0 aromatic carbocycles. The molecule has 0 atom stereocenters. The second-order valence-corrected chi connectivity index (χ2v) is 4.68. The maximum atomic E-state index is 11.4. The van der Waals surface area contributed by atoms with Gasteiger partial charge in [0.25, 0.3) is 0 Å². The minimum atomic E-state index is 0.0112. The van der Waals surface area contributed by atoms with Crippen LogP contribution < -0.4 is 4.90 Å². The fraction of sp³-hybridized carbons (Fsp3) is 0.636. The molecule has 1 rings (SSSR count). The van der Waals surface area contributed by atoms with Gasteiger partial charge >= 0.3 is 0 Å². The molecular formula is C11H19N3O2S. The van der Waals surface area contributed by atoms with Gasteiger partial charge in [-0.2, -0.15) is 0 Å². The maximum absolute atomic E-state index is 11.4. The summed E-state index contributed by atoms with van der Waals surface area (Å²) >= 11 is 1.48. The molecule has 0 radical (unpaired) electrons. The molecule has 1 N–H and O–H groups in total. The van der Waals surface area contributed by atoms with E-state index in [-0.39, 0.29) is 12.5 Å².